The summed E-state index contributed by atoms with van der Waals surface area (Å²) in [5, 5.41) is 0. The van der Waals surface area contributed by atoms with Crippen LogP contribution in [0.25, 0.3) is 0 Å². The van der Waals surface area contributed by atoms with Crippen LogP contribution in [0.2, 0.25) is 0 Å². The molecule has 0 saturated heterocycles. The van der Waals surface area contributed by atoms with E-state index in [0.717, 1.165) is 25.4 Å². The molecule has 0 aromatic carbocycles. The van der Waals surface area contributed by atoms with Gasteiger partial charge < -0.3 is 4.74 Å². The first-order valence-corrected chi connectivity index (χ1v) is 6.58. The number of ether oxygens (including phenoxy) is 1. The first-order valence-electron chi connectivity index (χ1n) is 6.58. The van der Waals surface area contributed by atoms with Crippen LogP contribution in [0, 0.1) is 11.8 Å². The minimum atomic E-state index is 0.336. The van der Waals surface area contributed by atoms with E-state index >= 15 is 0 Å². The van der Waals surface area contributed by atoms with E-state index in [1.807, 2.05) is 6.26 Å². The lowest BCUT2D eigenvalue weighted by molar-refractivity contribution is 0.197. The Bertz CT molecular complexity index is 252. The predicted molar refractivity (Wildman–Crippen MR) is 65.5 cm³/mol. The zero-order chi connectivity index (χ0) is 11.4. The average Bonchev–Trinajstić information content (AvgIpc) is 2.31. The number of rotatable bonds is 3. The second-order valence-corrected chi connectivity index (χ2v) is 5.34. The predicted octanol–water partition coefficient (Wildman–Crippen LogP) is 2.34. The maximum atomic E-state index is 5.73. The molecule has 3 unspecified atom stereocenters. The molecule has 0 aromatic heterocycles. The van der Waals surface area contributed by atoms with Gasteiger partial charge in [0.25, 0.3) is 0 Å². The molecular formula is C13H24N2O. The Balaban J connectivity index is 2.00. The van der Waals surface area contributed by atoms with Gasteiger partial charge in [0.2, 0.25) is 0 Å². The van der Waals surface area contributed by atoms with Crippen LogP contribution in [0.4, 0.5) is 0 Å². The molecule has 3 nitrogen and oxygen atoms in total. The zero-order valence-corrected chi connectivity index (χ0v) is 10.2. The molecule has 0 radical (unpaired) electrons. The number of hydrogen-bond donors (Lipinski definition) is 2. The fourth-order valence-electron chi connectivity index (χ4n) is 3.14. The summed E-state index contributed by atoms with van der Waals surface area (Å²) in [6, 6.07) is 0.336. The first kappa shape index (κ1) is 11.9. The lowest BCUT2D eigenvalue weighted by Crippen LogP contribution is -2.44. The van der Waals surface area contributed by atoms with Crippen molar-refractivity contribution < 1.29 is 4.74 Å². The highest BCUT2D eigenvalue weighted by Crippen LogP contribution is 2.34. The van der Waals surface area contributed by atoms with E-state index in [1.165, 1.54) is 31.3 Å². The summed E-state index contributed by atoms with van der Waals surface area (Å²) in [7, 11) is 0. The van der Waals surface area contributed by atoms with Gasteiger partial charge >= 0.3 is 0 Å². The molecule has 1 heterocycles. The third kappa shape index (κ3) is 2.77. The zero-order valence-electron chi connectivity index (χ0n) is 10.2. The Morgan fingerprint density at radius 1 is 1.44 bits per heavy atom. The SMILES string of the molecule is CC1CCCC(C(NN)C2=COCCC2)C1. The monoisotopic (exact) mass is 224 g/mol. The molecule has 92 valence electrons. The molecule has 3 heteroatoms. The minimum Gasteiger partial charge on any atom is -0.501 e. The van der Waals surface area contributed by atoms with Crippen LogP contribution in [0.1, 0.15) is 45.4 Å². The van der Waals surface area contributed by atoms with E-state index < -0.39 is 0 Å². The second kappa shape index (κ2) is 5.69. The molecule has 0 aromatic rings. The number of hydrazine groups is 1. The van der Waals surface area contributed by atoms with Crippen LogP contribution >= 0.6 is 0 Å². The van der Waals surface area contributed by atoms with E-state index in [2.05, 4.69) is 12.3 Å². The fourth-order valence-corrected chi connectivity index (χ4v) is 3.14. The van der Waals surface area contributed by atoms with Gasteiger partial charge in [0.1, 0.15) is 0 Å². The molecular weight excluding hydrogens is 200 g/mol. The van der Waals surface area contributed by atoms with Crippen LogP contribution in [0.5, 0.6) is 0 Å². The van der Waals surface area contributed by atoms with Crippen molar-refractivity contribution in [1.82, 2.24) is 5.43 Å². The van der Waals surface area contributed by atoms with Gasteiger partial charge in [-0.3, -0.25) is 11.3 Å². The van der Waals surface area contributed by atoms with Gasteiger partial charge in [0.15, 0.2) is 0 Å². The van der Waals surface area contributed by atoms with E-state index in [-0.39, 0.29) is 0 Å². The van der Waals surface area contributed by atoms with Crippen LogP contribution in [0.3, 0.4) is 0 Å². The fraction of sp³-hybridized carbons (Fsp3) is 0.846. The van der Waals surface area contributed by atoms with Crippen LogP contribution < -0.4 is 11.3 Å². The smallest absolute Gasteiger partial charge is 0.0876 e. The van der Waals surface area contributed by atoms with Gasteiger partial charge in [-0.25, -0.2) is 0 Å². The average molecular weight is 224 g/mol. The Kier molecular flexibility index (Phi) is 4.24. The lowest BCUT2D eigenvalue weighted by atomic mass is 9.76. The van der Waals surface area contributed by atoms with Crippen LogP contribution in [0.15, 0.2) is 11.8 Å². The summed E-state index contributed by atoms with van der Waals surface area (Å²) in [5.74, 6) is 7.28. The summed E-state index contributed by atoms with van der Waals surface area (Å²) in [6.45, 7) is 3.22. The highest BCUT2D eigenvalue weighted by Gasteiger charge is 2.29. The molecule has 1 fully saturated rings. The van der Waals surface area contributed by atoms with Crippen molar-refractivity contribution >= 4 is 0 Å². The molecule has 1 aliphatic heterocycles. The summed E-state index contributed by atoms with van der Waals surface area (Å²) in [6.07, 6.45) is 9.53. The number of nitrogens with two attached hydrogens (primary N) is 1. The van der Waals surface area contributed by atoms with E-state index in [9.17, 15) is 0 Å². The van der Waals surface area contributed by atoms with Crippen molar-refractivity contribution in [2.45, 2.75) is 51.5 Å². The largest absolute Gasteiger partial charge is 0.501 e. The maximum absolute atomic E-state index is 5.73. The van der Waals surface area contributed by atoms with E-state index in [4.69, 9.17) is 10.6 Å². The van der Waals surface area contributed by atoms with Gasteiger partial charge in [-0.2, -0.15) is 0 Å². The van der Waals surface area contributed by atoms with Gasteiger partial charge in [-0.1, -0.05) is 19.8 Å². The summed E-state index contributed by atoms with van der Waals surface area (Å²) in [5.41, 5.74) is 4.38. The molecule has 1 aliphatic carbocycles. The normalized spacial score (nSPS) is 32.8. The molecule has 1 saturated carbocycles. The molecule has 3 N–H and O–H groups in total. The van der Waals surface area contributed by atoms with Crippen molar-refractivity contribution in [1.29, 1.82) is 0 Å². The summed E-state index contributed by atoms with van der Waals surface area (Å²) < 4.78 is 5.42. The number of hydrogen-bond acceptors (Lipinski definition) is 3. The molecule has 3 atom stereocenters. The quantitative estimate of drug-likeness (QED) is 0.571. The van der Waals surface area contributed by atoms with Gasteiger partial charge in [-0.05, 0) is 43.1 Å². The van der Waals surface area contributed by atoms with E-state index in [0.29, 0.717) is 12.0 Å². The van der Waals surface area contributed by atoms with Crippen LogP contribution in [-0.4, -0.2) is 12.6 Å². The first-order chi connectivity index (χ1) is 7.81. The van der Waals surface area contributed by atoms with Crippen molar-refractivity contribution in [3.05, 3.63) is 11.8 Å². The topological polar surface area (TPSA) is 47.3 Å². The van der Waals surface area contributed by atoms with Gasteiger partial charge in [0, 0.05) is 6.04 Å². The van der Waals surface area contributed by atoms with Crippen LogP contribution in [-0.2, 0) is 4.74 Å². The van der Waals surface area contributed by atoms with Crippen molar-refractivity contribution in [3.63, 3.8) is 0 Å². The third-order valence-corrected chi connectivity index (χ3v) is 3.99. The molecule has 0 bridgehead atoms. The molecule has 0 amide bonds. The van der Waals surface area contributed by atoms with Gasteiger partial charge in [-0.15, -0.1) is 0 Å². The second-order valence-electron chi connectivity index (χ2n) is 5.34. The number of nitrogens with one attached hydrogen (secondary N) is 1. The summed E-state index contributed by atoms with van der Waals surface area (Å²) >= 11 is 0. The van der Waals surface area contributed by atoms with E-state index in [1.54, 1.807) is 0 Å². The molecule has 2 rings (SSSR count). The molecule has 0 spiro atoms. The van der Waals surface area contributed by atoms with Crippen molar-refractivity contribution in [2.75, 3.05) is 6.61 Å². The highest BCUT2D eigenvalue weighted by molar-refractivity contribution is 5.11. The molecule has 16 heavy (non-hydrogen) atoms. The van der Waals surface area contributed by atoms with Crippen molar-refractivity contribution in [2.24, 2.45) is 17.7 Å². The Hall–Kier alpha value is -0.540. The Morgan fingerprint density at radius 3 is 2.94 bits per heavy atom. The maximum Gasteiger partial charge on any atom is 0.0876 e. The van der Waals surface area contributed by atoms with Gasteiger partial charge in [0.05, 0.1) is 12.9 Å². The lowest BCUT2D eigenvalue weighted by Gasteiger charge is -2.35. The summed E-state index contributed by atoms with van der Waals surface area (Å²) in [4.78, 5) is 0. The molecule has 2 aliphatic rings. The third-order valence-electron chi connectivity index (χ3n) is 3.99. The van der Waals surface area contributed by atoms with Crippen molar-refractivity contribution in [3.8, 4) is 0 Å². The Labute approximate surface area is 98.4 Å². The highest BCUT2D eigenvalue weighted by atomic mass is 16.5. The Morgan fingerprint density at radius 2 is 2.31 bits per heavy atom. The standard InChI is InChI=1S/C13H24N2O/c1-10-4-2-5-11(8-10)13(15-14)12-6-3-7-16-9-12/h9-11,13,15H,2-8,14H2,1H3. The minimum absolute atomic E-state index is 0.336.